The third-order valence-corrected chi connectivity index (χ3v) is 3.77. The lowest BCUT2D eigenvalue weighted by atomic mass is 10.1. The number of nitrogens with one attached hydrogen (secondary N) is 1. The van der Waals surface area contributed by atoms with Crippen molar-refractivity contribution in [3.63, 3.8) is 0 Å². The van der Waals surface area contributed by atoms with Crippen LogP contribution in [0.15, 0.2) is 48.8 Å². The molecule has 1 N–H and O–H groups in total. The van der Waals surface area contributed by atoms with Crippen LogP contribution in [0.1, 0.15) is 28.5 Å². The second-order valence-electron chi connectivity index (χ2n) is 5.44. The molecule has 0 aliphatic carbocycles. The number of rotatable bonds is 7. The molecule has 3 rings (SSSR count). The Morgan fingerprint density at radius 1 is 1.25 bits per heavy atom. The van der Waals surface area contributed by atoms with E-state index in [9.17, 15) is 4.79 Å². The van der Waals surface area contributed by atoms with E-state index in [1.165, 1.54) is 5.56 Å². The first-order chi connectivity index (χ1) is 11.8. The van der Waals surface area contributed by atoms with Crippen LogP contribution in [0.3, 0.4) is 0 Å². The van der Waals surface area contributed by atoms with Crippen LogP contribution in [0.2, 0.25) is 0 Å². The molecule has 0 aliphatic heterocycles. The van der Waals surface area contributed by atoms with E-state index in [2.05, 4.69) is 22.1 Å². The third kappa shape index (κ3) is 3.81. The smallest absolute Gasteiger partial charge is 0.356 e. The Hall–Kier alpha value is -2.66. The minimum absolute atomic E-state index is 0.314. The molecule has 0 spiro atoms. The van der Waals surface area contributed by atoms with Crippen molar-refractivity contribution >= 4 is 16.9 Å². The Kier molecular flexibility index (Phi) is 5.23. The number of pyridine rings is 1. The number of hydrogen-bond acceptors (Lipinski definition) is 4. The van der Waals surface area contributed by atoms with Gasteiger partial charge in [-0.25, -0.2) is 9.78 Å². The first-order valence-electron chi connectivity index (χ1n) is 8.02. The lowest BCUT2D eigenvalue weighted by Crippen LogP contribution is -2.06. The van der Waals surface area contributed by atoms with Gasteiger partial charge in [-0.3, -0.25) is 0 Å². The first-order valence-corrected chi connectivity index (χ1v) is 8.02. The van der Waals surface area contributed by atoms with Gasteiger partial charge in [0, 0.05) is 17.1 Å². The van der Waals surface area contributed by atoms with Crippen LogP contribution in [0.25, 0.3) is 10.9 Å². The monoisotopic (exact) mass is 324 g/mol. The van der Waals surface area contributed by atoms with E-state index < -0.39 is 5.97 Å². The minimum Gasteiger partial charge on any atom is -0.461 e. The molecular weight excluding hydrogens is 304 g/mol. The van der Waals surface area contributed by atoms with Crippen molar-refractivity contribution in [2.45, 2.75) is 20.0 Å². The van der Waals surface area contributed by atoms with Gasteiger partial charge in [-0.2, -0.15) is 0 Å². The van der Waals surface area contributed by atoms with Crippen LogP contribution in [0.5, 0.6) is 0 Å². The Bertz CT molecular complexity index is 812. The molecule has 0 radical (unpaired) electrons. The highest BCUT2D eigenvalue weighted by atomic mass is 16.5. The molecule has 2 aromatic heterocycles. The summed E-state index contributed by atoms with van der Waals surface area (Å²) in [6, 6.07) is 12.0. The van der Waals surface area contributed by atoms with E-state index in [1.54, 1.807) is 19.2 Å². The first kappa shape index (κ1) is 16.2. The van der Waals surface area contributed by atoms with Gasteiger partial charge in [0.05, 0.1) is 31.5 Å². The van der Waals surface area contributed by atoms with Crippen LogP contribution in [0.4, 0.5) is 0 Å². The van der Waals surface area contributed by atoms with Gasteiger partial charge in [0.25, 0.3) is 0 Å². The van der Waals surface area contributed by atoms with Crippen LogP contribution in [0, 0.1) is 0 Å². The molecule has 0 bridgehead atoms. The largest absolute Gasteiger partial charge is 0.461 e. The second-order valence-corrected chi connectivity index (χ2v) is 5.44. The molecule has 0 amide bonds. The number of aromatic amines is 1. The minimum atomic E-state index is -0.406. The Morgan fingerprint density at radius 2 is 2.08 bits per heavy atom. The zero-order valence-corrected chi connectivity index (χ0v) is 13.6. The Balaban J connectivity index is 1.64. The molecule has 5 nitrogen and oxygen atoms in total. The van der Waals surface area contributed by atoms with Gasteiger partial charge in [-0.1, -0.05) is 30.3 Å². The van der Waals surface area contributed by atoms with Crippen LogP contribution >= 0.6 is 0 Å². The molecule has 0 unspecified atom stereocenters. The predicted molar refractivity (Wildman–Crippen MR) is 91.9 cm³/mol. The van der Waals surface area contributed by atoms with E-state index in [0.717, 1.165) is 22.9 Å². The molecule has 0 aliphatic rings. The van der Waals surface area contributed by atoms with Crippen LogP contribution in [-0.4, -0.2) is 29.2 Å². The SMILES string of the molecule is CCOC(=O)c1cc2c(COCCc3ccccc3)c[nH]c2cn1. The summed E-state index contributed by atoms with van der Waals surface area (Å²) in [4.78, 5) is 19.1. The van der Waals surface area contributed by atoms with Crippen LogP contribution in [-0.2, 0) is 22.5 Å². The van der Waals surface area contributed by atoms with E-state index in [4.69, 9.17) is 9.47 Å². The normalized spacial score (nSPS) is 10.9. The molecule has 0 saturated carbocycles. The summed E-state index contributed by atoms with van der Waals surface area (Å²) in [5.74, 6) is -0.406. The summed E-state index contributed by atoms with van der Waals surface area (Å²) >= 11 is 0. The van der Waals surface area contributed by atoms with Gasteiger partial charge in [-0.15, -0.1) is 0 Å². The number of esters is 1. The standard InChI is InChI=1S/C19H20N2O3/c1-2-24-19(22)17-10-16-15(11-20-18(16)12-21-17)13-23-9-8-14-6-4-3-5-7-14/h3-7,10-12,20H,2,8-9,13H2,1H3. The van der Waals surface area contributed by atoms with E-state index >= 15 is 0 Å². The zero-order valence-electron chi connectivity index (χ0n) is 13.6. The number of carbonyl (C=O) groups is 1. The van der Waals surface area contributed by atoms with Crippen molar-refractivity contribution in [3.8, 4) is 0 Å². The number of ether oxygens (including phenoxy) is 2. The zero-order chi connectivity index (χ0) is 16.8. The van der Waals surface area contributed by atoms with Crippen molar-refractivity contribution in [2.24, 2.45) is 0 Å². The molecule has 0 saturated heterocycles. The summed E-state index contributed by atoms with van der Waals surface area (Å²) in [6.45, 7) is 3.24. The van der Waals surface area contributed by atoms with Gasteiger partial charge in [0.15, 0.2) is 0 Å². The lowest BCUT2D eigenvalue weighted by molar-refractivity contribution is 0.0519. The molecule has 2 heterocycles. The van der Waals surface area contributed by atoms with E-state index in [0.29, 0.717) is 25.5 Å². The molecule has 1 aromatic carbocycles. The average Bonchev–Trinajstić information content (AvgIpc) is 3.02. The number of fused-ring (bicyclic) bond motifs is 1. The van der Waals surface area contributed by atoms with Crippen LogP contribution < -0.4 is 0 Å². The molecule has 5 heteroatoms. The highest BCUT2D eigenvalue weighted by Crippen LogP contribution is 2.19. The predicted octanol–water partition coefficient (Wildman–Crippen LogP) is 3.50. The number of H-pyrrole nitrogens is 1. The molecule has 0 fully saturated rings. The molecule has 24 heavy (non-hydrogen) atoms. The van der Waals surface area contributed by atoms with Crippen molar-refractivity contribution in [1.29, 1.82) is 0 Å². The second kappa shape index (κ2) is 7.75. The van der Waals surface area contributed by atoms with E-state index in [1.807, 2.05) is 24.4 Å². The summed E-state index contributed by atoms with van der Waals surface area (Å²) < 4.78 is 10.8. The van der Waals surface area contributed by atoms with Gasteiger partial charge in [0.2, 0.25) is 0 Å². The average molecular weight is 324 g/mol. The molecule has 3 aromatic rings. The maximum Gasteiger partial charge on any atom is 0.356 e. The highest BCUT2D eigenvalue weighted by molar-refractivity contribution is 5.93. The summed E-state index contributed by atoms with van der Waals surface area (Å²) in [7, 11) is 0. The summed E-state index contributed by atoms with van der Waals surface area (Å²) in [5.41, 5.74) is 3.45. The van der Waals surface area contributed by atoms with Gasteiger partial charge in [0.1, 0.15) is 5.69 Å². The van der Waals surface area contributed by atoms with Crippen molar-refractivity contribution < 1.29 is 14.3 Å². The Labute approximate surface area is 140 Å². The number of carbonyl (C=O) groups excluding carboxylic acids is 1. The molecule has 124 valence electrons. The van der Waals surface area contributed by atoms with Gasteiger partial charge in [-0.05, 0) is 25.0 Å². The quantitative estimate of drug-likeness (QED) is 0.534. The fraction of sp³-hybridized carbons (Fsp3) is 0.263. The maximum absolute atomic E-state index is 11.8. The summed E-state index contributed by atoms with van der Waals surface area (Å²) in [6.07, 6.45) is 4.41. The topological polar surface area (TPSA) is 64.2 Å². The van der Waals surface area contributed by atoms with Gasteiger partial charge < -0.3 is 14.5 Å². The maximum atomic E-state index is 11.8. The number of hydrogen-bond donors (Lipinski definition) is 1. The molecular formula is C19H20N2O3. The van der Waals surface area contributed by atoms with Crippen molar-refractivity contribution in [3.05, 3.63) is 65.6 Å². The Morgan fingerprint density at radius 3 is 2.88 bits per heavy atom. The van der Waals surface area contributed by atoms with Crippen molar-refractivity contribution in [2.75, 3.05) is 13.2 Å². The van der Waals surface area contributed by atoms with Crippen molar-refractivity contribution in [1.82, 2.24) is 9.97 Å². The number of nitrogens with zero attached hydrogens (tertiary/aromatic N) is 1. The van der Waals surface area contributed by atoms with E-state index in [-0.39, 0.29) is 0 Å². The summed E-state index contributed by atoms with van der Waals surface area (Å²) in [5, 5.41) is 0.938. The lowest BCUT2D eigenvalue weighted by Gasteiger charge is -2.05. The number of benzene rings is 1. The van der Waals surface area contributed by atoms with Gasteiger partial charge >= 0.3 is 5.97 Å². The fourth-order valence-electron chi connectivity index (χ4n) is 2.53. The molecule has 0 atom stereocenters. The highest BCUT2D eigenvalue weighted by Gasteiger charge is 2.12. The number of aromatic nitrogens is 2. The fourth-order valence-corrected chi connectivity index (χ4v) is 2.53. The third-order valence-electron chi connectivity index (χ3n) is 3.77.